The molecule has 0 atom stereocenters. The van der Waals surface area contributed by atoms with E-state index in [0.29, 0.717) is 139 Å². The van der Waals surface area contributed by atoms with Crippen LogP contribution in [0.5, 0.6) is 0 Å². The Morgan fingerprint density at radius 3 is 0.872 bits per heavy atom. The van der Waals surface area contributed by atoms with Crippen LogP contribution in [0.25, 0.3) is 122 Å². The molecule has 3 aromatic heterocycles. The molecule has 12 heteroatoms. The molecule has 13 aromatic rings. The highest BCUT2D eigenvalue weighted by Gasteiger charge is 2.25. The van der Waals surface area contributed by atoms with Crippen molar-refractivity contribution in [1.82, 2.24) is 14.1 Å². The van der Waals surface area contributed by atoms with Crippen LogP contribution in [0.15, 0.2) is 206 Å². The molecule has 390 valence electrons. The molecular weight excluding hydrogens is 1060 g/mol. The average molecular weight is 1090 g/mol. The largest absolute Gasteiger partial charge is 0.307 e. The normalized spacial score (nSPS) is 10.7. The maximum Gasteiger partial charge on any atom is 0.0999 e. The summed E-state index contributed by atoms with van der Waals surface area (Å²) < 4.78 is 4.20. The van der Waals surface area contributed by atoms with Gasteiger partial charge in [0, 0.05) is 32.7 Å². The van der Waals surface area contributed by atoms with Crippen molar-refractivity contribution in [2.45, 2.75) is 0 Å². The van der Waals surface area contributed by atoms with Gasteiger partial charge in [-0.3, -0.25) is 0 Å². The zero-order valence-corrected chi connectivity index (χ0v) is 45.0. The molecule has 0 spiro atoms. The number of hydrogen-bond acceptors (Lipinski definition) is 10. The molecule has 0 bridgehead atoms. The third kappa shape index (κ3) is 8.96. The fraction of sp³-hybridized carbons (Fsp3) is 0. The number of nitriles is 9. The Bertz CT molecular complexity index is 5150. The van der Waals surface area contributed by atoms with E-state index in [1.165, 1.54) is 12.1 Å². The number of nitrogens with zero attached hydrogens (tertiary/aromatic N) is 12. The lowest BCUT2D eigenvalue weighted by molar-refractivity contribution is 1.09. The van der Waals surface area contributed by atoms with Gasteiger partial charge in [-0.2, -0.15) is 47.4 Å². The first-order chi connectivity index (χ1) is 42.1. The highest BCUT2D eigenvalue weighted by Crippen LogP contribution is 2.45. The molecule has 86 heavy (non-hydrogen) atoms. The molecular formula is C74H34N12. The minimum Gasteiger partial charge on any atom is -0.307 e. The molecule has 0 fully saturated rings. The van der Waals surface area contributed by atoms with E-state index in [2.05, 4.69) is 63.8 Å². The molecule has 10 aromatic carbocycles. The molecule has 0 radical (unpaired) electrons. The molecule has 12 nitrogen and oxygen atoms in total. The van der Waals surface area contributed by atoms with Crippen LogP contribution in [0, 0.1) is 102 Å². The predicted octanol–water partition coefficient (Wildman–Crippen LogP) is 16.1. The summed E-state index contributed by atoms with van der Waals surface area (Å²) >= 11 is 0. The number of benzene rings is 10. The van der Waals surface area contributed by atoms with Crippen molar-refractivity contribution in [2.75, 3.05) is 0 Å². The summed E-state index contributed by atoms with van der Waals surface area (Å²) in [6, 6.07) is 83.3. The summed E-state index contributed by atoms with van der Waals surface area (Å²) in [5, 5.41) is 96.1. The van der Waals surface area contributed by atoms with Gasteiger partial charge in [0.2, 0.25) is 0 Å². The molecule has 0 saturated heterocycles. The van der Waals surface area contributed by atoms with Crippen molar-refractivity contribution < 1.29 is 0 Å². The summed E-state index contributed by atoms with van der Waals surface area (Å²) in [5.41, 5.74) is 14.4. The Hall–Kier alpha value is -13.6. The van der Waals surface area contributed by atoms with Crippen LogP contribution in [-0.4, -0.2) is 14.1 Å². The lowest BCUT2D eigenvalue weighted by Crippen LogP contribution is -2.06. The second kappa shape index (κ2) is 21.1. The summed E-state index contributed by atoms with van der Waals surface area (Å²) in [5.74, 6) is 0. The number of fused-ring (bicyclic) bond motifs is 6. The number of hydrogen-bond donors (Lipinski definition) is 0. The van der Waals surface area contributed by atoms with E-state index in [4.69, 9.17) is 4.98 Å². The summed E-state index contributed by atoms with van der Waals surface area (Å²) in [4.78, 5) is 5.22. The molecule has 0 unspecified atom stereocenters. The third-order valence-electron chi connectivity index (χ3n) is 15.4. The quantitative estimate of drug-likeness (QED) is 0.139. The molecule has 3 heterocycles. The van der Waals surface area contributed by atoms with E-state index in [-0.39, 0.29) is 5.56 Å². The molecule has 0 aliphatic heterocycles. The van der Waals surface area contributed by atoms with E-state index in [9.17, 15) is 47.4 Å². The van der Waals surface area contributed by atoms with Gasteiger partial charge < -0.3 is 9.13 Å². The second-order valence-corrected chi connectivity index (χ2v) is 20.5. The molecule has 0 saturated carbocycles. The van der Waals surface area contributed by atoms with Gasteiger partial charge in [0.1, 0.15) is 0 Å². The fourth-order valence-corrected chi connectivity index (χ4v) is 11.6. The SMILES string of the molecule is N#Cc1cc(C#N)cc(-c2ccc3c4ccc(-c5cc(C#N)cc(C#N)c5)cc4n(-c4cc(C#N)c(-c5cccc(-c6ccccc6)n5)cc4-n4c5cc(-c6cc(C#N)cc(C#N)c6)ccc5c5ccc(-c6cc(C#N)cc(C#N)c6)cc54)c3c2)c1. The van der Waals surface area contributed by atoms with Gasteiger partial charge in [0.15, 0.2) is 0 Å². The Morgan fingerprint density at radius 1 is 0.244 bits per heavy atom. The summed E-state index contributed by atoms with van der Waals surface area (Å²) in [6.07, 6.45) is 0. The van der Waals surface area contributed by atoms with E-state index in [1.54, 1.807) is 60.7 Å². The van der Waals surface area contributed by atoms with Crippen LogP contribution in [0.2, 0.25) is 0 Å². The minimum absolute atomic E-state index is 0.279. The van der Waals surface area contributed by atoms with E-state index in [1.807, 2.05) is 133 Å². The van der Waals surface area contributed by atoms with Crippen LogP contribution in [-0.2, 0) is 0 Å². The van der Waals surface area contributed by atoms with Gasteiger partial charge in [-0.15, -0.1) is 0 Å². The van der Waals surface area contributed by atoms with Crippen LogP contribution < -0.4 is 0 Å². The lowest BCUT2D eigenvalue weighted by atomic mass is 9.98. The van der Waals surface area contributed by atoms with Crippen molar-refractivity contribution in [1.29, 1.82) is 47.4 Å². The molecule has 0 aliphatic rings. The zero-order valence-electron chi connectivity index (χ0n) is 45.0. The first kappa shape index (κ1) is 51.8. The Labute approximate surface area is 491 Å². The van der Waals surface area contributed by atoms with Crippen molar-refractivity contribution >= 4 is 43.6 Å². The van der Waals surface area contributed by atoms with E-state index in [0.717, 1.165) is 27.1 Å². The van der Waals surface area contributed by atoms with Gasteiger partial charge in [-0.1, -0.05) is 84.9 Å². The zero-order chi connectivity index (χ0) is 59.2. The molecule has 0 N–H and O–H groups in total. The minimum atomic E-state index is 0.279. The average Bonchev–Trinajstić information content (AvgIpc) is 1.59. The molecule has 0 aliphatic carbocycles. The third-order valence-corrected chi connectivity index (χ3v) is 15.4. The highest BCUT2D eigenvalue weighted by molar-refractivity contribution is 6.14. The van der Waals surface area contributed by atoms with Crippen molar-refractivity contribution in [2.24, 2.45) is 0 Å². The van der Waals surface area contributed by atoms with Crippen molar-refractivity contribution in [3.8, 4) is 133 Å². The van der Waals surface area contributed by atoms with Gasteiger partial charge >= 0.3 is 0 Å². The monoisotopic (exact) mass is 1090 g/mol. The number of aromatic nitrogens is 3. The molecule has 0 amide bonds. The van der Waals surface area contributed by atoms with Gasteiger partial charge in [-0.05, 0) is 166 Å². The Morgan fingerprint density at radius 2 is 0.558 bits per heavy atom. The summed E-state index contributed by atoms with van der Waals surface area (Å²) in [7, 11) is 0. The Balaban J connectivity index is 1.21. The van der Waals surface area contributed by atoms with Gasteiger partial charge in [-0.25, -0.2) is 4.98 Å². The predicted molar refractivity (Wildman–Crippen MR) is 328 cm³/mol. The van der Waals surface area contributed by atoms with Crippen LogP contribution in [0.4, 0.5) is 0 Å². The highest BCUT2D eigenvalue weighted by atomic mass is 15.1. The maximum atomic E-state index is 11.6. The van der Waals surface area contributed by atoms with Gasteiger partial charge in [0.05, 0.1) is 150 Å². The van der Waals surface area contributed by atoms with Crippen LogP contribution in [0.3, 0.4) is 0 Å². The van der Waals surface area contributed by atoms with Crippen molar-refractivity contribution in [3.63, 3.8) is 0 Å². The van der Waals surface area contributed by atoms with Crippen molar-refractivity contribution in [3.05, 3.63) is 256 Å². The van der Waals surface area contributed by atoms with Crippen LogP contribution >= 0.6 is 0 Å². The summed E-state index contributed by atoms with van der Waals surface area (Å²) in [6.45, 7) is 0. The first-order valence-corrected chi connectivity index (χ1v) is 26.7. The van der Waals surface area contributed by atoms with Gasteiger partial charge in [0.25, 0.3) is 0 Å². The first-order valence-electron chi connectivity index (χ1n) is 26.7. The van der Waals surface area contributed by atoms with E-state index < -0.39 is 0 Å². The fourth-order valence-electron chi connectivity index (χ4n) is 11.6. The number of pyridine rings is 1. The Kier molecular flexibility index (Phi) is 12.7. The van der Waals surface area contributed by atoms with Crippen LogP contribution in [0.1, 0.15) is 50.1 Å². The maximum absolute atomic E-state index is 11.6. The second-order valence-electron chi connectivity index (χ2n) is 20.5. The molecule has 13 rings (SSSR count). The number of rotatable bonds is 8. The van der Waals surface area contributed by atoms with E-state index >= 15 is 0 Å². The lowest BCUT2D eigenvalue weighted by Gasteiger charge is -2.20. The standard InChI is InChI=1S/C74H34N12/c75-35-44-17-45(36-76)22-57(21-44)53-9-13-62-63-14-10-54(58-23-46(37-77)18-47(24-58)38-78)30-70(63)85(69(62)29-53)73-33-61(43-83)66(68-8-4-7-67(84-68)52-5-2-1-3-6-52)34-74(73)86-71-31-55(59-25-48(39-79)19-49(26-59)40-80)11-15-64(71)65-16-12-56(32-72(65)86)60-27-50(41-81)20-51(28-60)42-82/h1-34H. The smallest absolute Gasteiger partial charge is 0.0999 e. The topological polar surface area (TPSA) is 237 Å².